The average molecular weight is 260 g/mol. The lowest BCUT2D eigenvalue weighted by Gasteiger charge is -2.15. The lowest BCUT2D eigenvalue weighted by molar-refractivity contribution is -0.122. The van der Waals surface area contributed by atoms with Gasteiger partial charge in [-0.1, -0.05) is 38.0 Å². The molecule has 19 heavy (non-hydrogen) atoms. The monoisotopic (exact) mass is 260 g/mol. The molecule has 1 aromatic rings. The van der Waals surface area contributed by atoms with Gasteiger partial charge in [-0.05, 0) is 25.0 Å². The number of unbranched alkanes of at least 4 members (excludes halogenated alkanes) is 1. The maximum Gasteiger partial charge on any atom is 0.220 e. The van der Waals surface area contributed by atoms with Crippen LogP contribution >= 0.6 is 0 Å². The predicted molar refractivity (Wildman–Crippen MR) is 79.4 cm³/mol. The minimum absolute atomic E-state index is 0.173. The average Bonchev–Trinajstić information content (AvgIpc) is 2.80. The summed E-state index contributed by atoms with van der Waals surface area (Å²) in [6, 6.07) is 8.56. The molecular weight excluding hydrogens is 236 g/mol. The van der Waals surface area contributed by atoms with E-state index in [9.17, 15) is 4.79 Å². The molecule has 0 saturated carbocycles. The summed E-state index contributed by atoms with van der Waals surface area (Å²) in [4.78, 5) is 12.0. The summed E-state index contributed by atoms with van der Waals surface area (Å²) in [6.07, 6.45) is 4.01. The van der Waals surface area contributed by atoms with Crippen LogP contribution < -0.4 is 10.6 Å². The van der Waals surface area contributed by atoms with E-state index in [4.69, 9.17) is 0 Å². The standard InChI is InChI=1S/C16H24N2O/c1-3-4-7-12(2)18-16(19)10-13-11-17-15-9-6-5-8-14(13)15/h5-6,8-9,12-13,17H,3-4,7,10-11H2,1-2H3,(H,18,19). The lowest BCUT2D eigenvalue weighted by Crippen LogP contribution is -2.33. The Balaban J connectivity index is 1.84. The van der Waals surface area contributed by atoms with Crippen LogP contribution in [0.25, 0.3) is 0 Å². The third kappa shape index (κ3) is 3.72. The molecule has 1 aliphatic heterocycles. The van der Waals surface area contributed by atoms with Crippen molar-refractivity contribution in [2.45, 2.75) is 51.5 Å². The van der Waals surface area contributed by atoms with Gasteiger partial charge in [-0.25, -0.2) is 0 Å². The molecule has 1 aliphatic rings. The molecule has 0 aliphatic carbocycles. The van der Waals surface area contributed by atoms with Crippen molar-refractivity contribution in [1.82, 2.24) is 5.32 Å². The SMILES string of the molecule is CCCCC(C)NC(=O)CC1CNc2ccccc21. The Labute approximate surface area is 115 Å². The highest BCUT2D eigenvalue weighted by Gasteiger charge is 2.24. The zero-order chi connectivity index (χ0) is 13.7. The van der Waals surface area contributed by atoms with Crippen molar-refractivity contribution in [2.24, 2.45) is 0 Å². The molecule has 0 spiro atoms. The van der Waals surface area contributed by atoms with E-state index >= 15 is 0 Å². The lowest BCUT2D eigenvalue weighted by atomic mass is 9.97. The molecule has 0 fully saturated rings. The molecule has 1 aromatic carbocycles. The van der Waals surface area contributed by atoms with Gasteiger partial charge in [0.1, 0.15) is 0 Å². The molecule has 2 unspecified atom stereocenters. The molecule has 0 aromatic heterocycles. The van der Waals surface area contributed by atoms with Crippen molar-refractivity contribution >= 4 is 11.6 Å². The molecule has 0 radical (unpaired) electrons. The summed E-state index contributed by atoms with van der Waals surface area (Å²) in [7, 11) is 0. The number of fused-ring (bicyclic) bond motifs is 1. The first-order valence-electron chi connectivity index (χ1n) is 7.33. The number of amides is 1. The van der Waals surface area contributed by atoms with Crippen LogP contribution in [0, 0.1) is 0 Å². The molecule has 104 valence electrons. The molecule has 2 rings (SSSR count). The van der Waals surface area contributed by atoms with E-state index in [0.29, 0.717) is 12.3 Å². The second-order valence-electron chi connectivity index (χ2n) is 5.48. The van der Waals surface area contributed by atoms with Crippen LogP contribution in [0.1, 0.15) is 51.0 Å². The predicted octanol–water partition coefficient (Wildman–Crippen LogP) is 3.28. The topological polar surface area (TPSA) is 41.1 Å². The Morgan fingerprint density at radius 1 is 1.47 bits per heavy atom. The first-order chi connectivity index (χ1) is 9.20. The molecular formula is C16H24N2O. The summed E-state index contributed by atoms with van der Waals surface area (Å²) in [5.74, 6) is 0.488. The fraction of sp³-hybridized carbons (Fsp3) is 0.562. The van der Waals surface area contributed by atoms with Crippen LogP contribution in [-0.2, 0) is 4.79 Å². The van der Waals surface area contributed by atoms with Crippen molar-refractivity contribution in [3.63, 3.8) is 0 Å². The van der Waals surface area contributed by atoms with Crippen LogP contribution in [0.2, 0.25) is 0 Å². The molecule has 1 heterocycles. The third-order valence-corrected chi connectivity index (χ3v) is 3.77. The highest BCUT2D eigenvalue weighted by Crippen LogP contribution is 2.33. The number of benzene rings is 1. The Morgan fingerprint density at radius 2 is 2.26 bits per heavy atom. The number of nitrogens with one attached hydrogen (secondary N) is 2. The minimum atomic E-state index is 0.173. The highest BCUT2D eigenvalue weighted by molar-refractivity contribution is 5.78. The zero-order valence-electron chi connectivity index (χ0n) is 11.9. The van der Waals surface area contributed by atoms with Crippen LogP contribution in [-0.4, -0.2) is 18.5 Å². The number of hydrogen-bond donors (Lipinski definition) is 2. The Bertz CT molecular complexity index is 431. The molecule has 2 atom stereocenters. The van der Waals surface area contributed by atoms with Gasteiger partial charge in [-0.2, -0.15) is 0 Å². The number of carbonyl (C=O) groups is 1. The smallest absolute Gasteiger partial charge is 0.220 e. The maximum atomic E-state index is 12.0. The number of rotatable bonds is 6. The zero-order valence-corrected chi connectivity index (χ0v) is 11.9. The summed E-state index contributed by atoms with van der Waals surface area (Å²) in [5.41, 5.74) is 2.46. The summed E-state index contributed by atoms with van der Waals surface area (Å²) < 4.78 is 0. The van der Waals surface area contributed by atoms with Crippen molar-refractivity contribution < 1.29 is 4.79 Å². The van der Waals surface area contributed by atoms with E-state index in [0.717, 1.165) is 13.0 Å². The van der Waals surface area contributed by atoms with Gasteiger partial charge < -0.3 is 10.6 Å². The van der Waals surface area contributed by atoms with Gasteiger partial charge in [0, 0.05) is 30.6 Å². The first kappa shape index (κ1) is 13.9. The highest BCUT2D eigenvalue weighted by atomic mass is 16.1. The van der Waals surface area contributed by atoms with E-state index in [1.807, 2.05) is 12.1 Å². The van der Waals surface area contributed by atoms with E-state index in [1.165, 1.54) is 24.1 Å². The Kier molecular flexibility index (Phi) is 4.83. The van der Waals surface area contributed by atoms with Gasteiger partial charge in [0.15, 0.2) is 0 Å². The van der Waals surface area contributed by atoms with Crippen molar-refractivity contribution in [1.29, 1.82) is 0 Å². The van der Waals surface area contributed by atoms with Gasteiger partial charge in [-0.3, -0.25) is 4.79 Å². The number of carbonyl (C=O) groups excluding carboxylic acids is 1. The molecule has 3 nitrogen and oxygen atoms in total. The fourth-order valence-corrected chi connectivity index (χ4v) is 2.68. The van der Waals surface area contributed by atoms with E-state index in [-0.39, 0.29) is 11.9 Å². The second-order valence-corrected chi connectivity index (χ2v) is 5.48. The van der Waals surface area contributed by atoms with E-state index in [1.54, 1.807) is 0 Å². The van der Waals surface area contributed by atoms with Crippen molar-refractivity contribution in [3.05, 3.63) is 29.8 Å². The second kappa shape index (κ2) is 6.60. The van der Waals surface area contributed by atoms with Gasteiger partial charge in [0.05, 0.1) is 0 Å². The van der Waals surface area contributed by atoms with Crippen LogP contribution in [0.5, 0.6) is 0 Å². The molecule has 1 amide bonds. The fourth-order valence-electron chi connectivity index (χ4n) is 2.68. The van der Waals surface area contributed by atoms with E-state index in [2.05, 4.69) is 36.6 Å². The number of hydrogen-bond acceptors (Lipinski definition) is 2. The van der Waals surface area contributed by atoms with Crippen LogP contribution in [0.15, 0.2) is 24.3 Å². The minimum Gasteiger partial charge on any atom is -0.384 e. The van der Waals surface area contributed by atoms with Crippen LogP contribution in [0.3, 0.4) is 0 Å². The summed E-state index contributed by atoms with van der Waals surface area (Å²) in [5, 5.41) is 6.47. The Morgan fingerprint density at radius 3 is 3.05 bits per heavy atom. The largest absolute Gasteiger partial charge is 0.384 e. The summed E-state index contributed by atoms with van der Waals surface area (Å²) in [6.45, 7) is 5.14. The third-order valence-electron chi connectivity index (χ3n) is 3.77. The number of para-hydroxylation sites is 1. The normalized spacial score (nSPS) is 18.5. The molecule has 2 N–H and O–H groups in total. The van der Waals surface area contributed by atoms with Gasteiger partial charge in [-0.15, -0.1) is 0 Å². The summed E-state index contributed by atoms with van der Waals surface area (Å²) >= 11 is 0. The maximum absolute atomic E-state index is 12.0. The van der Waals surface area contributed by atoms with Gasteiger partial charge in [0.25, 0.3) is 0 Å². The molecule has 3 heteroatoms. The van der Waals surface area contributed by atoms with Crippen LogP contribution in [0.4, 0.5) is 5.69 Å². The van der Waals surface area contributed by atoms with E-state index < -0.39 is 0 Å². The van der Waals surface area contributed by atoms with Crippen molar-refractivity contribution in [2.75, 3.05) is 11.9 Å². The Hall–Kier alpha value is -1.51. The molecule has 0 saturated heterocycles. The quantitative estimate of drug-likeness (QED) is 0.824. The molecule has 0 bridgehead atoms. The van der Waals surface area contributed by atoms with Gasteiger partial charge >= 0.3 is 0 Å². The van der Waals surface area contributed by atoms with Gasteiger partial charge in [0.2, 0.25) is 5.91 Å². The first-order valence-corrected chi connectivity index (χ1v) is 7.33. The van der Waals surface area contributed by atoms with Crippen molar-refractivity contribution in [3.8, 4) is 0 Å². The number of anilines is 1.